The maximum absolute atomic E-state index is 5.46. The van der Waals surface area contributed by atoms with E-state index in [4.69, 9.17) is 9.49 Å². The minimum atomic E-state index is 0. The summed E-state index contributed by atoms with van der Waals surface area (Å²) in [6.45, 7) is 26.4. The van der Waals surface area contributed by atoms with Crippen molar-refractivity contribution in [3.05, 3.63) is 152 Å². The predicted molar refractivity (Wildman–Crippen MR) is 228 cm³/mol. The van der Waals surface area contributed by atoms with Gasteiger partial charge in [-0.3, -0.25) is 0 Å². The molecule has 0 aliphatic carbocycles. The Morgan fingerprint density at radius 3 is 0.704 bits per heavy atom. The Kier molecular flexibility index (Phi) is 15.4. The van der Waals surface area contributed by atoms with Crippen LogP contribution in [-0.4, -0.2) is 24.4 Å². The van der Waals surface area contributed by atoms with Crippen molar-refractivity contribution in [1.29, 1.82) is 0 Å². The Labute approximate surface area is 355 Å². The zero-order valence-electron chi connectivity index (χ0n) is 33.6. The van der Waals surface area contributed by atoms with Crippen molar-refractivity contribution in [3.63, 3.8) is 0 Å². The molecule has 0 aromatic heterocycles. The molecule has 6 heteroatoms. The largest absolute Gasteiger partial charge is 3.00 e. The molecule has 0 aliphatic heterocycles. The quantitative estimate of drug-likeness (QED) is 0.118. The van der Waals surface area contributed by atoms with Crippen molar-refractivity contribution in [3.8, 4) is 44.5 Å². The standard InChI is InChI=1S/C48H50N2P.2ClH.Sb/c1-27-19-31(5)43(32(6)20-27)39-15-13-16-40(44-33(7)21-28(2)22-34(44)8)47(39)49-51-50-48-41(45-35(9)23-29(3)24-36(45)10)17-14-18-42(48)46-37(11)25-30(4)26-38(46)12;;;/h13-26H,1-12H3;2*1H;/q-1;;;+3/p-2. The van der Waals surface area contributed by atoms with Crippen LogP contribution in [0.3, 0.4) is 0 Å². The maximum atomic E-state index is 5.46. The maximum Gasteiger partial charge on any atom is 3.00 e. The van der Waals surface area contributed by atoms with Gasteiger partial charge in [0.15, 0.2) is 0 Å². The monoisotopic (exact) mass is 876 g/mol. The predicted octanol–water partition coefficient (Wildman–Crippen LogP) is 8.96. The van der Waals surface area contributed by atoms with E-state index in [0.717, 1.165) is 33.6 Å². The summed E-state index contributed by atoms with van der Waals surface area (Å²) < 4.78 is 10.9. The van der Waals surface area contributed by atoms with E-state index in [1.165, 1.54) is 89.0 Å². The van der Waals surface area contributed by atoms with E-state index in [1.54, 1.807) is 0 Å². The second-order valence-electron chi connectivity index (χ2n) is 14.8. The summed E-state index contributed by atoms with van der Waals surface area (Å²) in [6.07, 6.45) is 0. The normalized spacial score (nSPS) is 10.7. The molecule has 0 amide bonds. The Balaban J connectivity index is 0.00000261. The smallest absolute Gasteiger partial charge is 1.00 e. The summed E-state index contributed by atoms with van der Waals surface area (Å²) in [5.74, 6) is 0. The van der Waals surface area contributed by atoms with Gasteiger partial charge in [-0.15, -0.1) is 0 Å². The molecule has 2 radical (unpaired) electrons. The number of halogens is 2. The first-order valence-corrected chi connectivity index (χ1v) is 18.8. The first-order chi connectivity index (χ1) is 24.2. The summed E-state index contributed by atoms with van der Waals surface area (Å²) in [5.41, 5.74) is 26.7. The van der Waals surface area contributed by atoms with Crippen molar-refractivity contribution in [2.24, 2.45) is 9.49 Å². The minimum Gasteiger partial charge on any atom is -1.00 e. The van der Waals surface area contributed by atoms with Gasteiger partial charge < -0.3 is 42.5 Å². The molecule has 0 aliphatic rings. The average molecular weight is 879 g/mol. The molecule has 0 heterocycles. The fourth-order valence-corrected chi connectivity index (χ4v) is 9.30. The Morgan fingerprint density at radius 2 is 0.519 bits per heavy atom. The van der Waals surface area contributed by atoms with Gasteiger partial charge >= 0.3 is 24.4 Å². The molecule has 6 aromatic rings. The summed E-state index contributed by atoms with van der Waals surface area (Å²) in [5, 5.41) is 0. The van der Waals surface area contributed by atoms with E-state index in [1.807, 2.05) is 0 Å². The molecular weight excluding hydrogens is 828 g/mol. The molecular formula is C48H50Cl2N2PSb. The summed E-state index contributed by atoms with van der Waals surface area (Å²) >= 11 is 0. The van der Waals surface area contributed by atoms with Crippen LogP contribution in [-0.2, 0) is 0 Å². The summed E-state index contributed by atoms with van der Waals surface area (Å²) in [4.78, 5) is 0. The van der Waals surface area contributed by atoms with Gasteiger partial charge in [-0.05, 0) is 150 Å². The fourth-order valence-electron chi connectivity index (χ4n) is 8.64. The number of aryl methyl sites for hydroxylation is 12. The third-order valence-electron chi connectivity index (χ3n) is 10.1. The van der Waals surface area contributed by atoms with Crippen LogP contribution >= 0.6 is 8.16 Å². The van der Waals surface area contributed by atoms with Gasteiger partial charge in [0.05, 0.1) is 0 Å². The third kappa shape index (κ3) is 9.01. The van der Waals surface area contributed by atoms with E-state index >= 15 is 0 Å². The average Bonchev–Trinajstić information content (AvgIpc) is 3.01. The molecule has 0 saturated carbocycles. The molecule has 0 bridgehead atoms. The van der Waals surface area contributed by atoms with Gasteiger partial charge in [0.2, 0.25) is 0 Å². The van der Waals surface area contributed by atoms with Crippen molar-refractivity contribution >= 4 is 44.0 Å². The van der Waals surface area contributed by atoms with Gasteiger partial charge in [-0.2, -0.15) is 0 Å². The van der Waals surface area contributed by atoms with Gasteiger partial charge in [0.25, 0.3) is 0 Å². The van der Waals surface area contributed by atoms with Crippen LogP contribution in [0.25, 0.3) is 44.5 Å². The van der Waals surface area contributed by atoms with Crippen LogP contribution in [0, 0.1) is 83.1 Å². The molecule has 0 saturated heterocycles. The zero-order valence-corrected chi connectivity index (χ0v) is 38.6. The molecule has 0 atom stereocenters. The molecule has 0 unspecified atom stereocenters. The van der Waals surface area contributed by atoms with E-state index in [9.17, 15) is 0 Å². The Morgan fingerprint density at radius 1 is 0.333 bits per heavy atom. The molecule has 2 nitrogen and oxygen atoms in total. The van der Waals surface area contributed by atoms with Crippen molar-refractivity contribution in [2.45, 2.75) is 83.1 Å². The second-order valence-corrected chi connectivity index (χ2v) is 15.4. The van der Waals surface area contributed by atoms with Crippen LogP contribution < -0.4 is 24.8 Å². The van der Waals surface area contributed by atoms with Crippen LogP contribution in [0.5, 0.6) is 0 Å². The van der Waals surface area contributed by atoms with Crippen LogP contribution in [0.15, 0.2) is 94.4 Å². The number of rotatable bonds is 6. The number of hydrogen-bond acceptors (Lipinski definition) is 2. The van der Waals surface area contributed by atoms with Gasteiger partial charge in [-0.25, -0.2) is 0 Å². The molecule has 0 N–H and O–H groups in total. The minimum absolute atomic E-state index is 0. The molecule has 6 rings (SSSR count). The Hall–Kier alpha value is -3.38. The van der Waals surface area contributed by atoms with Gasteiger partial charge in [-0.1, -0.05) is 107 Å². The van der Waals surface area contributed by atoms with Gasteiger partial charge in [0, 0.05) is 33.6 Å². The van der Waals surface area contributed by atoms with Crippen LogP contribution in [0.1, 0.15) is 66.8 Å². The first-order valence-electron chi connectivity index (χ1n) is 18.0. The number of benzene rings is 6. The topological polar surface area (TPSA) is 24.7 Å². The van der Waals surface area contributed by atoms with Crippen LogP contribution in [0.4, 0.5) is 11.4 Å². The first kappa shape index (κ1) is 45.0. The van der Waals surface area contributed by atoms with E-state index in [2.05, 4.69) is 168 Å². The van der Waals surface area contributed by atoms with Crippen LogP contribution in [0.2, 0.25) is 0 Å². The molecule has 54 heavy (non-hydrogen) atoms. The van der Waals surface area contributed by atoms with E-state index in [-0.39, 0.29) is 49.2 Å². The second kappa shape index (κ2) is 18.5. The van der Waals surface area contributed by atoms with Crippen molar-refractivity contribution in [1.82, 2.24) is 0 Å². The molecule has 0 spiro atoms. The summed E-state index contributed by atoms with van der Waals surface area (Å²) in [6, 6.07) is 31.6. The number of hydrogen-bond donors (Lipinski definition) is 0. The Bertz CT molecular complexity index is 2030. The zero-order chi connectivity index (χ0) is 36.7. The molecule has 276 valence electrons. The molecule has 0 fully saturated rings. The fraction of sp³-hybridized carbons (Fsp3) is 0.250. The SMILES string of the molecule is Cc1cc(C)c(-c2cccc(-c3c(C)cc(C)cc3C)c2N=[P-]=Nc2c(-c3c(C)cc(C)cc3C)cccc2-c2c(C)cc(C)cc2C)c(C)c1.[Cl-].[Cl-].[Sb+3]. The van der Waals surface area contributed by atoms with E-state index in [0.29, 0.717) is 8.16 Å². The summed E-state index contributed by atoms with van der Waals surface area (Å²) in [7, 11) is 0.636. The van der Waals surface area contributed by atoms with Crippen molar-refractivity contribution < 1.29 is 24.8 Å². The number of nitrogens with zero attached hydrogens (tertiary/aromatic N) is 2. The third-order valence-corrected chi connectivity index (χ3v) is 10.7. The van der Waals surface area contributed by atoms with Crippen molar-refractivity contribution in [2.75, 3.05) is 0 Å². The van der Waals surface area contributed by atoms with Gasteiger partial charge in [0.1, 0.15) is 0 Å². The molecule has 6 aromatic carbocycles. The van der Waals surface area contributed by atoms with E-state index < -0.39 is 0 Å².